The van der Waals surface area contributed by atoms with Gasteiger partial charge in [0.05, 0.1) is 6.54 Å². The van der Waals surface area contributed by atoms with Crippen molar-refractivity contribution in [2.24, 2.45) is 5.73 Å². The van der Waals surface area contributed by atoms with Gasteiger partial charge < -0.3 is 20.9 Å². The highest BCUT2D eigenvalue weighted by molar-refractivity contribution is 5.94. The molecular weight excluding hydrogens is 422 g/mol. The van der Waals surface area contributed by atoms with E-state index in [9.17, 15) is 4.79 Å². The number of urea groups is 1. The van der Waals surface area contributed by atoms with Crippen LogP contribution in [0.4, 0.5) is 16.2 Å². The summed E-state index contributed by atoms with van der Waals surface area (Å²) in [6.07, 6.45) is 2.52. The molecule has 3 N–H and O–H groups in total. The summed E-state index contributed by atoms with van der Waals surface area (Å²) in [7, 11) is 1.89. The van der Waals surface area contributed by atoms with Crippen molar-refractivity contribution in [1.82, 2.24) is 10.2 Å². The molecule has 0 radical (unpaired) electrons. The molecule has 0 bridgehead atoms. The Morgan fingerprint density at radius 3 is 2.50 bits per heavy atom. The van der Waals surface area contributed by atoms with Gasteiger partial charge in [0.2, 0.25) is 0 Å². The van der Waals surface area contributed by atoms with Gasteiger partial charge in [0.25, 0.3) is 0 Å². The summed E-state index contributed by atoms with van der Waals surface area (Å²) >= 11 is 0. The molecule has 5 rings (SSSR count). The molecule has 174 valence electrons. The first-order valence-electron chi connectivity index (χ1n) is 11.8. The first-order valence-corrected chi connectivity index (χ1v) is 11.8. The van der Waals surface area contributed by atoms with E-state index in [2.05, 4.69) is 64.8 Å². The van der Waals surface area contributed by atoms with E-state index < -0.39 is 0 Å². The average Bonchev–Trinajstić information content (AvgIpc) is 3.24. The highest BCUT2D eigenvalue weighted by Crippen LogP contribution is 2.33. The molecule has 0 saturated carbocycles. The number of rotatable bonds is 4. The molecule has 6 heteroatoms. The molecule has 0 aromatic heterocycles. The third kappa shape index (κ3) is 4.19. The van der Waals surface area contributed by atoms with Crippen LogP contribution in [0.2, 0.25) is 0 Å². The standard InChI is InChI=1S/C28H31N5O/c1-30-25(18-29)20-31-15-16-32(28(34)33-14-13-22-9-5-6-10-27(22)33)19-24-17-23(11-12-26(24)31)21-7-3-2-4-8-21/h2-12,17-18,30H,13-16,19-20,29H2,1H3/b25-18-. The van der Waals surface area contributed by atoms with Crippen LogP contribution in [0, 0.1) is 0 Å². The first-order chi connectivity index (χ1) is 16.7. The third-order valence-electron chi connectivity index (χ3n) is 6.80. The molecule has 2 aliphatic rings. The van der Waals surface area contributed by atoms with Crippen LogP contribution in [0.3, 0.4) is 0 Å². The summed E-state index contributed by atoms with van der Waals surface area (Å²) < 4.78 is 0. The SMILES string of the molecule is CN/C(=C\N)CN1CCN(C(=O)N2CCc3ccccc32)Cc2cc(-c3ccccc3)ccc21. The van der Waals surface area contributed by atoms with E-state index in [0.29, 0.717) is 19.6 Å². The van der Waals surface area contributed by atoms with Crippen LogP contribution in [0.15, 0.2) is 84.7 Å². The number of hydrogen-bond acceptors (Lipinski definition) is 4. The fourth-order valence-corrected chi connectivity index (χ4v) is 4.93. The number of nitrogens with one attached hydrogen (secondary N) is 1. The number of para-hydroxylation sites is 1. The zero-order valence-corrected chi connectivity index (χ0v) is 19.6. The normalized spacial score (nSPS) is 15.6. The number of nitrogens with zero attached hydrogens (tertiary/aromatic N) is 3. The predicted molar refractivity (Wildman–Crippen MR) is 139 cm³/mol. The number of nitrogens with two attached hydrogens (primary N) is 1. The Hall–Kier alpha value is -3.93. The molecule has 0 unspecified atom stereocenters. The van der Waals surface area contributed by atoms with Gasteiger partial charge in [-0.1, -0.05) is 54.6 Å². The van der Waals surface area contributed by atoms with Crippen LogP contribution in [0.25, 0.3) is 11.1 Å². The van der Waals surface area contributed by atoms with Gasteiger partial charge in [0.15, 0.2) is 0 Å². The molecule has 2 amide bonds. The molecule has 0 aliphatic carbocycles. The number of likely N-dealkylation sites (N-methyl/N-ethyl adjacent to an activating group) is 1. The summed E-state index contributed by atoms with van der Waals surface area (Å²) in [6, 6.07) is 25.3. The lowest BCUT2D eigenvalue weighted by atomic mass is 10.0. The van der Waals surface area contributed by atoms with Crippen LogP contribution in [-0.4, -0.2) is 44.2 Å². The minimum atomic E-state index is 0.0751. The van der Waals surface area contributed by atoms with E-state index >= 15 is 0 Å². The lowest BCUT2D eigenvalue weighted by Crippen LogP contribution is -2.44. The molecule has 2 aliphatic heterocycles. The molecule has 3 aromatic carbocycles. The number of fused-ring (bicyclic) bond motifs is 2. The van der Waals surface area contributed by atoms with Crippen molar-refractivity contribution in [3.05, 3.63) is 95.8 Å². The number of carbonyl (C=O) groups is 1. The largest absolute Gasteiger partial charge is 0.403 e. The van der Waals surface area contributed by atoms with Crippen LogP contribution in [0.5, 0.6) is 0 Å². The molecule has 0 atom stereocenters. The van der Waals surface area contributed by atoms with Crippen LogP contribution in [0.1, 0.15) is 11.1 Å². The summed E-state index contributed by atoms with van der Waals surface area (Å²) in [5.74, 6) is 0. The quantitative estimate of drug-likeness (QED) is 0.622. The van der Waals surface area contributed by atoms with Gasteiger partial charge in [0.1, 0.15) is 0 Å². The summed E-state index contributed by atoms with van der Waals surface area (Å²) in [6.45, 7) is 3.35. The molecule has 3 aromatic rings. The second-order valence-corrected chi connectivity index (χ2v) is 8.81. The molecule has 6 nitrogen and oxygen atoms in total. The first kappa shape index (κ1) is 21.9. The lowest BCUT2D eigenvalue weighted by molar-refractivity contribution is 0.205. The zero-order valence-electron chi connectivity index (χ0n) is 19.6. The second-order valence-electron chi connectivity index (χ2n) is 8.81. The van der Waals surface area contributed by atoms with E-state index in [1.54, 1.807) is 6.20 Å². The van der Waals surface area contributed by atoms with Gasteiger partial charge in [-0.2, -0.15) is 0 Å². The van der Waals surface area contributed by atoms with E-state index in [0.717, 1.165) is 47.7 Å². The van der Waals surface area contributed by atoms with E-state index in [1.165, 1.54) is 11.1 Å². The van der Waals surface area contributed by atoms with Crippen molar-refractivity contribution in [3.8, 4) is 11.1 Å². The third-order valence-corrected chi connectivity index (χ3v) is 6.80. The van der Waals surface area contributed by atoms with Gasteiger partial charge in [-0.3, -0.25) is 4.90 Å². The Balaban J connectivity index is 1.48. The molecule has 34 heavy (non-hydrogen) atoms. The minimum Gasteiger partial charge on any atom is -0.403 e. The fourth-order valence-electron chi connectivity index (χ4n) is 4.93. The predicted octanol–water partition coefficient (Wildman–Crippen LogP) is 4.18. The van der Waals surface area contributed by atoms with Crippen LogP contribution >= 0.6 is 0 Å². The monoisotopic (exact) mass is 453 g/mol. The maximum atomic E-state index is 13.7. The Labute approximate surface area is 201 Å². The van der Waals surface area contributed by atoms with Gasteiger partial charge in [0, 0.05) is 56.5 Å². The van der Waals surface area contributed by atoms with Crippen molar-refractivity contribution >= 4 is 17.4 Å². The number of amides is 2. The fraction of sp³-hybridized carbons (Fsp3) is 0.250. The maximum absolute atomic E-state index is 13.7. The maximum Gasteiger partial charge on any atom is 0.324 e. The van der Waals surface area contributed by atoms with Crippen molar-refractivity contribution in [2.45, 2.75) is 13.0 Å². The molecular formula is C28H31N5O. The van der Waals surface area contributed by atoms with Gasteiger partial charge >= 0.3 is 6.03 Å². The van der Waals surface area contributed by atoms with Crippen molar-refractivity contribution in [3.63, 3.8) is 0 Å². The van der Waals surface area contributed by atoms with Gasteiger partial charge in [-0.25, -0.2) is 4.79 Å². The summed E-state index contributed by atoms with van der Waals surface area (Å²) in [5, 5.41) is 3.18. The molecule has 2 heterocycles. The Morgan fingerprint density at radius 2 is 1.71 bits per heavy atom. The van der Waals surface area contributed by atoms with Crippen molar-refractivity contribution in [2.75, 3.05) is 43.0 Å². The molecule has 0 saturated heterocycles. The number of hydrogen-bond donors (Lipinski definition) is 2. The number of carbonyl (C=O) groups excluding carboxylic acids is 1. The lowest BCUT2D eigenvalue weighted by Gasteiger charge is -2.28. The van der Waals surface area contributed by atoms with Gasteiger partial charge in [-0.15, -0.1) is 0 Å². The summed E-state index contributed by atoms with van der Waals surface area (Å²) in [5.41, 5.74) is 13.7. The highest BCUT2D eigenvalue weighted by atomic mass is 16.2. The Kier molecular flexibility index (Phi) is 6.12. The zero-order chi connectivity index (χ0) is 23.5. The van der Waals surface area contributed by atoms with E-state index in [4.69, 9.17) is 5.73 Å². The minimum absolute atomic E-state index is 0.0751. The van der Waals surface area contributed by atoms with E-state index in [1.807, 2.05) is 35.0 Å². The second kappa shape index (κ2) is 9.51. The van der Waals surface area contributed by atoms with Crippen molar-refractivity contribution in [1.29, 1.82) is 0 Å². The number of anilines is 2. The molecule has 0 fully saturated rings. The molecule has 0 spiro atoms. The average molecular weight is 454 g/mol. The van der Waals surface area contributed by atoms with Crippen LogP contribution < -0.4 is 20.9 Å². The Bertz CT molecular complexity index is 1210. The van der Waals surface area contributed by atoms with Crippen LogP contribution in [-0.2, 0) is 13.0 Å². The Morgan fingerprint density at radius 1 is 0.912 bits per heavy atom. The van der Waals surface area contributed by atoms with E-state index in [-0.39, 0.29) is 6.03 Å². The highest BCUT2D eigenvalue weighted by Gasteiger charge is 2.31. The van der Waals surface area contributed by atoms with Gasteiger partial charge in [-0.05, 0) is 46.9 Å². The number of benzene rings is 3. The topological polar surface area (TPSA) is 64.8 Å². The van der Waals surface area contributed by atoms with Crippen molar-refractivity contribution < 1.29 is 4.79 Å². The smallest absolute Gasteiger partial charge is 0.324 e. The summed E-state index contributed by atoms with van der Waals surface area (Å²) in [4.78, 5) is 19.9.